The van der Waals surface area contributed by atoms with Gasteiger partial charge < -0.3 is 15.2 Å². The molecule has 2 rings (SSSR count). The van der Waals surface area contributed by atoms with Gasteiger partial charge in [-0.1, -0.05) is 24.3 Å². The van der Waals surface area contributed by atoms with Crippen LogP contribution in [0, 0.1) is 0 Å². The molecule has 0 aromatic heterocycles. The first-order valence-electron chi connectivity index (χ1n) is 7.41. The molecule has 2 aromatic carbocycles. The lowest BCUT2D eigenvalue weighted by atomic mass is 10.00. The van der Waals surface area contributed by atoms with E-state index < -0.39 is 0 Å². The maximum Gasteiger partial charge on any atom is 0.161 e. The summed E-state index contributed by atoms with van der Waals surface area (Å²) in [7, 11) is 0. The molecule has 0 radical (unpaired) electrons. The molecule has 1 unspecified atom stereocenters. The first-order chi connectivity index (χ1) is 10.2. The molecule has 0 amide bonds. The minimum Gasteiger partial charge on any atom is -0.490 e. The van der Waals surface area contributed by atoms with E-state index in [1.165, 1.54) is 0 Å². The molecule has 3 nitrogen and oxygen atoms in total. The molecule has 0 aliphatic carbocycles. The zero-order valence-electron chi connectivity index (χ0n) is 12.9. The van der Waals surface area contributed by atoms with Crippen LogP contribution in [0.4, 0.5) is 0 Å². The van der Waals surface area contributed by atoms with Crippen LogP contribution in [0.25, 0.3) is 11.1 Å². The van der Waals surface area contributed by atoms with E-state index in [-0.39, 0.29) is 6.04 Å². The minimum absolute atomic E-state index is 0.0269. The van der Waals surface area contributed by atoms with E-state index >= 15 is 0 Å². The van der Waals surface area contributed by atoms with Crippen molar-refractivity contribution in [3.8, 4) is 22.6 Å². The van der Waals surface area contributed by atoms with Crippen molar-refractivity contribution in [3.05, 3.63) is 48.0 Å². The van der Waals surface area contributed by atoms with E-state index in [9.17, 15) is 0 Å². The first-order valence-corrected chi connectivity index (χ1v) is 7.41. The van der Waals surface area contributed by atoms with Crippen molar-refractivity contribution in [2.45, 2.75) is 26.8 Å². The van der Waals surface area contributed by atoms with Crippen LogP contribution in [0.5, 0.6) is 11.5 Å². The molecule has 0 saturated heterocycles. The zero-order chi connectivity index (χ0) is 15.2. The third kappa shape index (κ3) is 3.76. The van der Waals surface area contributed by atoms with Gasteiger partial charge in [0.1, 0.15) is 0 Å². The Kier molecular flexibility index (Phi) is 5.23. The third-order valence-electron chi connectivity index (χ3n) is 3.29. The lowest BCUT2D eigenvalue weighted by Crippen LogP contribution is -2.04. The van der Waals surface area contributed by atoms with E-state index in [0.29, 0.717) is 13.2 Å². The Morgan fingerprint density at radius 3 is 2.24 bits per heavy atom. The van der Waals surface area contributed by atoms with Crippen LogP contribution >= 0.6 is 0 Å². The first kappa shape index (κ1) is 15.4. The van der Waals surface area contributed by atoms with Crippen LogP contribution < -0.4 is 15.2 Å². The van der Waals surface area contributed by atoms with Crippen molar-refractivity contribution in [2.75, 3.05) is 13.2 Å². The molecule has 0 heterocycles. The fourth-order valence-corrected chi connectivity index (χ4v) is 2.23. The molecule has 0 bridgehead atoms. The molecule has 21 heavy (non-hydrogen) atoms. The van der Waals surface area contributed by atoms with Gasteiger partial charge in [0, 0.05) is 6.04 Å². The van der Waals surface area contributed by atoms with E-state index in [0.717, 1.165) is 28.2 Å². The summed E-state index contributed by atoms with van der Waals surface area (Å²) in [5, 5.41) is 0. The third-order valence-corrected chi connectivity index (χ3v) is 3.29. The lowest BCUT2D eigenvalue weighted by molar-refractivity contribution is 0.288. The highest BCUT2D eigenvalue weighted by molar-refractivity contribution is 5.68. The average molecular weight is 285 g/mol. The van der Waals surface area contributed by atoms with Crippen molar-refractivity contribution in [2.24, 2.45) is 5.73 Å². The molecule has 3 heteroatoms. The van der Waals surface area contributed by atoms with E-state index in [4.69, 9.17) is 15.2 Å². The van der Waals surface area contributed by atoms with Crippen LogP contribution in [-0.2, 0) is 0 Å². The quantitative estimate of drug-likeness (QED) is 0.866. The summed E-state index contributed by atoms with van der Waals surface area (Å²) in [6.07, 6.45) is 0. The van der Waals surface area contributed by atoms with Crippen LogP contribution in [0.15, 0.2) is 42.5 Å². The molecule has 0 fully saturated rings. The van der Waals surface area contributed by atoms with Gasteiger partial charge in [-0.2, -0.15) is 0 Å². The lowest BCUT2D eigenvalue weighted by Gasteiger charge is -2.13. The predicted molar refractivity (Wildman–Crippen MR) is 86.8 cm³/mol. The van der Waals surface area contributed by atoms with Gasteiger partial charge in [0.05, 0.1) is 13.2 Å². The van der Waals surface area contributed by atoms with Crippen molar-refractivity contribution >= 4 is 0 Å². The fourth-order valence-electron chi connectivity index (χ4n) is 2.23. The van der Waals surface area contributed by atoms with Crippen LogP contribution in [0.1, 0.15) is 32.4 Å². The van der Waals surface area contributed by atoms with Crippen LogP contribution in [0.2, 0.25) is 0 Å². The second-order valence-corrected chi connectivity index (χ2v) is 4.94. The van der Waals surface area contributed by atoms with Crippen molar-refractivity contribution < 1.29 is 9.47 Å². The minimum atomic E-state index is 0.0269. The summed E-state index contributed by atoms with van der Waals surface area (Å²) in [6, 6.07) is 14.3. The number of rotatable bonds is 6. The molecular formula is C18H23NO2. The van der Waals surface area contributed by atoms with Crippen molar-refractivity contribution in [1.29, 1.82) is 0 Å². The van der Waals surface area contributed by atoms with Crippen LogP contribution in [0.3, 0.4) is 0 Å². The Morgan fingerprint density at radius 2 is 1.57 bits per heavy atom. The van der Waals surface area contributed by atoms with E-state index in [1.54, 1.807) is 0 Å². The highest BCUT2D eigenvalue weighted by Crippen LogP contribution is 2.33. The Bertz CT molecular complexity index is 594. The van der Waals surface area contributed by atoms with Gasteiger partial charge in [-0.3, -0.25) is 0 Å². The molecule has 112 valence electrons. The summed E-state index contributed by atoms with van der Waals surface area (Å²) in [6.45, 7) is 7.17. The number of ether oxygens (including phenoxy) is 2. The molecule has 1 atom stereocenters. The molecule has 2 aromatic rings. The summed E-state index contributed by atoms with van der Waals surface area (Å²) in [5.74, 6) is 1.56. The van der Waals surface area contributed by atoms with Crippen molar-refractivity contribution in [1.82, 2.24) is 0 Å². The molecule has 0 aliphatic rings. The smallest absolute Gasteiger partial charge is 0.161 e. The molecular weight excluding hydrogens is 262 g/mol. The standard InChI is InChI=1S/C18H23NO2/c1-4-20-17-10-9-16(12-18(17)21-5-2)15-8-6-7-14(11-15)13(3)19/h6-13H,4-5,19H2,1-3H3. The number of nitrogens with two attached hydrogens (primary N) is 1. The number of hydrogen-bond acceptors (Lipinski definition) is 3. The zero-order valence-corrected chi connectivity index (χ0v) is 12.9. The molecule has 2 N–H and O–H groups in total. The predicted octanol–water partition coefficient (Wildman–Crippen LogP) is 4.17. The molecule has 0 aliphatic heterocycles. The highest BCUT2D eigenvalue weighted by atomic mass is 16.5. The van der Waals surface area contributed by atoms with Gasteiger partial charge in [0.15, 0.2) is 11.5 Å². The fraction of sp³-hybridized carbons (Fsp3) is 0.333. The maximum atomic E-state index is 5.96. The maximum absolute atomic E-state index is 5.96. The molecule has 0 spiro atoms. The second kappa shape index (κ2) is 7.14. The van der Waals surface area contributed by atoms with Gasteiger partial charge in [0.2, 0.25) is 0 Å². The monoisotopic (exact) mass is 285 g/mol. The molecule has 0 saturated carbocycles. The Labute approximate surface area is 126 Å². The number of benzene rings is 2. The SMILES string of the molecule is CCOc1ccc(-c2cccc(C(C)N)c2)cc1OCC. The average Bonchev–Trinajstić information content (AvgIpc) is 2.49. The normalized spacial score (nSPS) is 12.0. The van der Waals surface area contributed by atoms with Gasteiger partial charge in [0.25, 0.3) is 0 Å². The summed E-state index contributed by atoms with van der Waals surface area (Å²) in [4.78, 5) is 0. The summed E-state index contributed by atoms with van der Waals surface area (Å²) >= 11 is 0. The highest BCUT2D eigenvalue weighted by Gasteiger charge is 2.08. The Balaban J connectivity index is 2.39. The Morgan fingerprint density at radius 1 is 0.905 bits per heavy atom. The van der Waals surface area contributed by atoms with E-state index in [1.807, 2.05) is 51.1 Å². The van der Waals surface area contributed by atoms with Crippen molar-refractivity contribution in [3.63, 3.8) is 0 Å². The Hall–Kier alpha value is -2.00. The van der Waals surface area contributed by atoms with Gasteiger partial charge in [-0.25, -0.2) is 0 Å². The van der Waals surface area contributed by atoms with E-state index in [2.05, 4.69) is 12.1 Å². The van der Waals surface area contributed by atoms with Crippen LogP contribution in [-0.4, -0.2) is 13.2 Å². The number of hydrogen-bond donors (Lipinski definition) is 1. The second-order valence-electron chi connectivity index (χ2n) is 4.94. The van der Waals surface area contributed by atoms with Gasteiger partial charge >= 0.3 is 0 Å². The summed E-state index contributed by atoms with van der Waals surface area (Å²) < 4.78 is 11.3. The topological polar surface area (TPSA) is 44.5 Å². The van der Waals surface area contributed by atoms with Gasteiger partial charge in [-0.05, 0) is 55.7 Å². The summed E-state index contributed by atoms with van der Waals surface area (Å²) in [5.41, 5.74) is 9.32. The largest absolute Gasteiger partial charge is 0.490 e. The van der Waals surface area contributed by atoms with Gasteiger partial charge in [-0.15, -0.1) is 0 Å².